The van der Waals surface area contributed by atoms with E-state index >= 15 is 0 Å². The van der Waals surface area contributed by atoms with E-state index in [-0.39, 0.29) is 13.2 Å². The summed E-state index contributed by atoms with van der Waals surface area (Å²) in [6, 6.07) is 0. The normalized spacial score (nSPS) is 16.2. The van der Waals surface area contributed by atoms with Crippen molar-refractivity contribution in [1.82, 2.24) is 0 Å². The number of hydrogen-bond acceptors (Lipinski definition) is 4. The Morgan fingerprint density at radius 3 is 1.92 bits per heavy atom. The zero-order chi connectivity index (χ0) is 18.9. The standard InChI is InChI=1S/C22H41NO3/c1-2-3-4-5-6-7-8-9-10-11-12-13-14-15-16-17-21-23-22(18-24,19-25)20-26-21/h13-14,24-25H,2-12,15-20H2,1H3/b14-13+. The summed E-state index contributed by atoms with van der Waals surface area (Å²) < 4.78 is 5.48. The molecule has 0 atom stereocenters. The fourth-order valence-electron chi connectivity index (χ4n) is 3.24. The molecular formula is C22H41NO3. The summed E-state index contributed by atoms with van der Waals surface area (Å²) >= 11 is 0. The van der Waals surface area contributed by atoms with Gasteiger partial charge in [0.15, 0.2) is 5.90 Å². The van der Waals surface area contributed by atoms with Gasteiger partial charge in [-0.05, 0) is 25.7 Å². The number of allylic oxidation sites excluding steroid dienone is 2. The van der Waals surface area contributed by atoms with Gasteiger partial charge in [-0.2, -0.15) is 0 Å². The minimum Gasteiger partial charge on any atom is -0.478 e. The number of aliphatic hydroxyl groups excluding tert-OH is 2. The van der Waals surface area contributed by atoms with Gasteiger partial charge >= 0.3 is 0 Å². The quantitative estimate of drug-likeness (QED) is 0.275. The van der Waals surface area contributed by atoms with E-state index in [1.165, 1.54) is 70.6 Å². The molecule has 1 heterocycles. The van der Waals surface area contributed by atoms with Crippen molar-refractivity contribution in [3.63, 3.8) is 0 Å². The first-order chi connectivity index (χ1) is 12.8. The molecule has 0 radical (unpaired) electrons. The molecule has 0 aromatic rings. The maximum absolute atomic E-state index is 9.28. The highest BCUT2D eigenvalue weighted by Crippen LogP contribution is 2.20. The average molecular weight is 368 g/mol. The number of unbranched alkanes of at least 4 members (excludes halogenated alkanes) is 11. The first-order valence-corrected chi connectivity index (χ1v) is 10.8. The van der Waals surface area contributed by atoms with Crippen LogP contribution in [0.25, 0.3) is 0 Å². The van der Waals surface area contributed by atoms with E-state index in [2.05, 4.69) is 24.1 Å². The van der Waals surface area contributed by atoms with Crippen LogP contribution in [0.1, 0.15) is 96.8 Å². The second-order valence-electron chi connectivity index (χ2n) is 7.67. The van der Waals surface area contributed by atoms with Gasteiger partial charge in [0, 0.05) is 6.42 Å². The Kier molecular flexibility index (Phi) is 13.6. The van der Waals surface area contributed by atoms with Crippen LogP contribution in [0.15, 0.2) is 17.1 Å². The molecule has 26 heavy (non-hydrogen) atoms. The Balaban J connectivity index is 1.88. The van der Waals surface area contributed by atoms with Gasteiger partial charge in [-0.3, -0.25) is 0 Å². The van der Waals surface area contributed by atoms with Crippen LogP contribution < -0.4 is 0 Å². The second kappa shape index (κ2) is 15.2. The lowest BCUT2D eigenvalue weighted by molar-refractivity contribution is 0.0972. The van der Waals surface area contributed by atoms with E-state index < -0.39 is 5.54 Å². The van der Waals surface area contributed by atoms with Gasteiger partial charge < -0.3 is 14.9 Å². The maximum atomic E-state index is 9.28. The monoisotopic (exact) mass is 367 g/mol. The van der Waals surface area contributed by atoms with Crippen LogP contribution in [0.3, 0.4) is 0 Å². The molecule has 0 bridgehead atoms. The van der Waals surface area contributed by atoms with Crippen molar-refractivity contribution < 1.29 is 14.9 Å². The van der Waals surface area contributed by atoms with Crippen molar-refractivity contribution in [3.05, 3.63) is 12.2 Å². The summed E-state index contributed by atoms with van der Waals surface area (Å²) in [6.07, 6.45) is 22.4. The third-order valence-corrected chi connectivity index (χ3v) is 5.11. The summed E-state index contributed by atoms with van der Waals surface area (Å²) in [6.45, 7) is 2.25. The molecule has 0 fully saturated rings. The Labute approximate surface area is 160 Å². The summed E-state index contributed by atoms with van der Waals surface area (Å²) in [5.41, 5.74) is -0.805. The van der Waals surface area contributed by atoms with Gasteiger partial charge in [-0.1, -0.05) is 76.9 Å². The summed E-state index contributed by atoms with van der Waals surface area (Å²) in [4.78, 5) is 4.33. The minimum atomic E-state index is -0.805. The van der Waals surface area contributed by atoms with Crippen LogP contribution >= 0.6 is 0 Å². The third kappa shape index (κ3) is 10.3. The maximum Gasteiger partial charge on any atom is 0.184 e. The molecule has 0 saturated heterocycles. The summed E-state index contributed by atoms with van der Waals surface area (Å²) in [5.74, 6) is 0.677. The van der Waals surface area contributed by atoms with Crippen LogP contribution in [0.2, 0.25) is 0 Å². The molecule has 0 aliphatic carbocycles. The van der Waals surface area contributed by atoms with Gasteiger partial charge in [0.25, 0.3) is 0 Å². The Bertz CT molecular complexity index is 389. The van der Waals surface area contributed by atoms with E-state index in [4.69, 9.17) is 4.74 Å². The molecule has 0 saturated carbocycles. The predicted octanol–water partition coefficient (Wildman–Crippen LogP) is 5.18. The van der Waals surface area contributed by atoms with Crippen molar-refractivity contribution in [1.29, 1.82) is 0 Å². The molecule has 4 heteroatoms. The van der Waals surface area contributed by atoms with Crippen molar-refractivity contribution in [2.45, 2.75) is 102 Å². The van der Waals surface area contributed by atoms with Crippen LogP contribution in [-0.4, -0.2) is 41.5 Å². The molecule has 2 N–H and O–H groups in total. The van der Waals surface area contributed by atoms with Crippen molar-refractivity contribution in [2.75, 3.05) is 19.8 Å². The summed E-state index contributed by atoms with van der Waals surface area (Å²) in [5, 5.41) is 18.6. The molecule has 1 aliphatic rings. The topological polar surface area (TPSA) is 62.1 Å². The number of rotatable bonds is 17. The molecular weight excluding hydrogens is 326 g/mol. The van der Waals surface area contributed by atoms with Gasteiger partial charge in [0.05, 0.1) is 13.2 Å². The molecule has 0 amide bonds. The first kappa shape index (κ1) is 23.2. The molecule has 0 aromatic carbocycles. The molecule has 1 aliphatic heterocycles. The number of ether oxygens (including phenoxy) is 1. The average Bonchev–Trinajstić information content (AvgIpc) is 3.09. The lowest BCUT2D eigenvalue weighted by atomic mass is 10.1. The predicted molar refractivity (Wildman–Crippen MR) is 110 cm³/mol. The van der Waals surface area contributed by atoms with Gasteiger partial charge in [-0.15, -0.1) is 0 Å². The second-order valence-corrected chi connectivity index (χ2v) is 7.67. The molecule has 0 aromatic heterocycles. The number of aliphatic imine (C=N–C) groups is 1. The van der Waals surface area contributed by atoms with Gasteiger partial charge in [-0.25, -0.2) is 4.99 Å². The summed E-state index contributed by atoms with van der Waals surface area (Å²) in [7, 11) is 0. The van der Waals surface area contributed by atoms with Crippen LogP contribution in [0.4, 0.5) is 0 Å². The third-order valence-electron chi connectivity index (χ3n) is 5.11. The number of aliphatic hydroxyl groups is 2. The number of hydrogen-bond donors (Lipinski definition) is 2. The lowest BCUT2D eigenvalue weighted by Gasteiger charge is -2.16. The minimum absolute atomic E-state index is 0.161. The fraction of sp³-hybridized carbons (Fsp3) is 0.864. The first-order valence-electron chi connectivity index (χ1n) is 10.8. The molecule has 152 valence electrons. The molecule has 0 unspecified atom stereocenters. The fourth-order valence-corrected chi connectivity index (χ4v) is 3.24. The molecule has 1 rings (SSSR count). The molecule has 4 nitrogen and oxygen atoms in total. The van der Waals surface area contributed by atoms with Crippen LogP contribution in [0.5, 0.6) is 0 Å². The Morgan fingerprint density at radius 2 is 1.38 bits per heavy atom. The van der Waals surface area contributed by atoms with E-state index in [1.54, 1.807) is 0 Å². The number of nitrogens with zero attached hydrogens (tertiary/aromatic N) is 1. The molecule has 0 spiro atoms. The lowest BCUT2D eigenvalue weighted by Crippen LogP contribution is -2.37. The van der Waals surface area contributed by atoms with Crippen molar-refractivity contribution in [3.8, 4) is 0 Å². The van der Waals surface area contributed by atoms with E-state index in [1.807, 2.05) is 0 Å². The van der Waals surface area contributed by atoms with Gasteiger partial charge in [0.1, 0.15) is 12.1 Å². The van der Waals surface area contributed by atoms with E-state index in [9.17, 15) is 10.2 Å². The Morgan fingerprint density at radius 1 is 0.846 bits per heavy atom. The zero-order valence-corrected chi connectivity index (χ0v) is 16.9. The van der Waals surface area contributed by atoms with E-state index in [0.717, 1.165) is 19.3 Å². The van der Waals surface area contributed by atoms with Crippen molar-refractivity contribution in [2.24, 2.45) is 4.99 Å². The largest absolute Gasteiger partial charge is 0.478 e. The highest BCUT2D eigenvalue weighted by molar-refractivity contribution is 5.78. The van der Waals surface area contributed by atoms with Crippen LogP contribution in [-0.2, 0) is 4.74 Å². The highest BCUT2D eigenvalue weighted by Gasteiger charge is 2.35. The van der Waals surface area contributed by atoms with E-state index in [0.29, 0.717) is 12.5 Å². The SMILES string of the molecule is CCCCCCCCCCCC/C=C/CCCC1=NC(CO)(CO)CO1. The Hall–Kier alpha value is -0.870. The smallest absolute Gasteiger partial charge is 0.184 e. The van der Waals surface area contributed by atoms with Crippen LogP contribution in [0, 0.1) is 0 Å². The van der Waals surface area contributed by atoms with Crippen molar-refractivity contribution >= 4 is 5.90 Å². The zero-order valence-electron chi connectivity index (χ0n) is 16.9. The van der Waals surface area contributed by atoms with Gasteiger partial charge in [0.2, 0.25) is 0 Å². The highest BCUT2D eigenvalue weighted by atomic mass is 16.5.